The zero-order chi connectivity index (χ0) is 15.8. The molecule has 1 aliphatic heterocycles. The number of rotatable bonds is 7. The Morgan fingerprint density at radius 2 is 2.26 bits per heavy atom. The summed E-state index contributed by atoms with van der Waals surface area (Å²) < 4.78 is 5.03. The van der Waals surface area contributed by atoms with Crippen LogP contribution in [0.25, 0.3) is 0 Å². The lowest BCUT2D eigenvalue weighted by Crippen LogP contribution is -2.39. The first kappa shape index (κ1) is 19.7. The highest BCUT2D eigenvalue weighted by molar-refractivity contribution is 14.0. The Kier molecular flexibility index (Phi) is 8.89. The molecule has 9 heteroatoms. The van der Waals surface area contributed by atoms with Gasteiger partial charge in [0.25, 0.3) is 0 Å². The number of aromatic nitrogens is 2. The lowest BCUT2D eigenvalue weighted by molar-refractivity contribution is -0.127. The van der Waals surface area contributed by atoms with Crippen LogP contribution in [0.3, 0.4) is 0 Å². The highest BCUT2D eigenvalue weighted by atomic mass is 127. The first-order valence-electron chi connectivity index (χ1n) is 7.78. The van der Waals surface area contributed by atoms with Crippen LogP contribution in [0.15, 0.2) is 9.52 Å². The zero-order valence-corrected chi connectivity index (χ0v) is 16.0. The summed E-state index contributed by atoms with van der Waals surface area (Å²) in [7, 11) is 0. The van der Waals surface area contributed by atoms with E-state index in [1.54, 1.807) is 6.92 Å². The number of nitrogens with one attached hydrogen (secondary N) is 2. The molecule has 1 fully saturated rings. The molecule has 0 spiro atoms. The Morgan fingerprint density at radius 3 is 2.87 bits per heavy atom. The predicted molar refractivity (Wildman–Crippen MR) is 97.7 cm³/mol. The Bertz CT molecular complexity index is 519. The standard InChI is InChI=1S/C14H24N6O2.HI/c1-3-15-14(17-10-12-18-11(2)19-22-12)16-7-5-9-20-8-4-6-13(20)21;/h3-10H2,1-2H3,(H2,15,16,17);1H. The van der Waals surface area contributed by atoms with E-state index in [1.807, 2.05) is 11.8 Å². The maximum absolute atomic E-state index is 11.5. The van der Waals surface area contributed by atoms with Gasteiger partial charge in [-0.1, -0.05) is 5.16 Å². The summed E-state index contributed by atoms with van der Waals surface area (Å²) in [6.45, 7) is 7.37. The maximum Gasteiger partial charge on any atom is 0.248 e. The molecule has 0 bridgehead atoms. The number of guanidine groups is 1. The van der Waals surface area contributed by atoms with Crippen molar-refractivity contribution in [2.24, 2.45) is 4.99 Å². The molecule has 0 unspecified atom stereocenters. The molecule has 130 valence electrons. The molecule has 1 aliphatic rings. The summed E-state index contributed by atoms with van der Waals surface area (Å²) >= 11 is 0. The van der Waals surface area contributed by atoms with Crippen LogP contribution in [-0.4, -0.2) is 53.1 Å². The van der Waals surface area contributed by atoms with Gasteiger partial charge in [0.1, 0.15) is 6.54 Å². The van der Waals surface area contributed by atoms with Crippen LogP contribution in [0.5, 0.6) is 0 Å². The highest BCUT2D eigenvalue weighted by Crippen LogP contribution is 2.09. The van der Waals surface area contributed by atoms with Crippen LogP contribution in [0.1, 0.15) is 37.9 Å². The molecule has 1 amide bonds. The summed E-state index contributed by atoms with van der Waals surface area (Å²) in [6, 6.07) is 0. The van der Waals surface area contributed by atoms with Gasteiger partial charge in [-0.3, -0.25) is 4.79 Å². The second-order valence-electron chi connectivity index (χ2n) is 5.20. The summed E-state index contributed by atoms with van der Waals surface area (Å²) in [5.74, 6) is 2.09. The van der Waals surface area contributed by atoms with E-state index in [-0.39, 0.29) is 29.9 Å². The normalized spacial score (nSPS) is 14.8. The average molecular weight is 436 g/mol. The van der Waals surface area contributed by atoms with E-state index in [4.69, 9.17) is 4.52 Å². The van der Waals surface area contributed by atoms with Crippen molar-refractivity contribution in [2.75, 3.05) is 26.2 Å². The van der Waals surface area contributed by atoms with Crippen LogP contribution in [-0.2, 0) is 11.3 Å². The van der Waals surface area contributed by atoms with E-state index in [1.165, 1.54) is 0 Å². The van der Waals surface area contributed by atoms with Crippen molar-refractivity contribution in [2.45, 2.75) is 39.7 Å². The number of carbonyl (C=O) groups excluding carboxylic acids is 1. The minimum Gasteiger partial charge on any atom is -0.357 e. The zero-order valence-electron chi connectivity index (χ0n) is 13.7. The van der Waals surface area contributed by atoms with Crippen LogP contribution < -0.4 is 10.6 Å². The number of amides is 1. The monoisotopic (exact) mass is 436 g/mol. The number of aryl methyl sites for hydroxylation is 1. The number of halogens is 1. The van der Waals surface area contributed by atoms with Gasteiger partial charge < -0.3 is 20.1 Å². The van der Waals surface area contributed by atoms with Gasteiger partial charge in [-0.2, -0.15) is 4.98 Å². The van der Waals surface area contributed by atoms with Gasteiger partial charge >= 0.3 is 0 Å². The van der Waals surface area contributed by atoms with E-state index in [0.29, 0.717) is 30.6 Å². The Morgan fingerprint density at radius 1 is 1.43 bits per heavy atom. The van der Waals surface area contributed by atoms with Crippen molar-refractivity contribution in [3.05, 3.63) is 11.7 Å². The molecule has 0 saturated carbocycles. The first-order chi connectivity index (χ1) is 10.7. The molecular formula is C14H25IN6O2. The largest absolute Gasteiger partial charge is 0.357 e. The predicted octanol–water partition coefficient (Wildman–Crippen LogP) is 1.06. The number of likely N-dealkylation sites (tertiary alicyclic amines) is 1. The van der Waals surface area contributed by atoms with E-state index in [9.17, 15) is 4.79 Å². The number of nitrogens with zero attached hydrogens (tertiary/aromatic N) is 4. The third-order valence-corrected chi connectivity index (χ3v) is 3.35. The SMILES string of the molecule is CCNC(=NCc1nc(C)no1)NCCCN1CCCC1=O.I. The second kappa shape index (κ2) is 10.4. The van der Waals surface area contributed by atoms with Gasteiger partial charge in [0.15, 0.2) is 11.8 Å². The number of hydrogen-bond donors (Lipinski definition) is 2. The van der Waals surface area contributed by atoms with Crippen molar-refractivity contribution in [1.29, 1.82) is 0 Å². The van der Waals surface area contributed by atoms with E-state index in [2.05, 4.69) is 25.8 Å². The minimum atomic E-state index is 0. The Balaban J connectivity index is 0.00000264. The molecule has 2 rings (SSSR count). The number of carbonyl (C=O) groups is 1. The van der Waals surface area contributed by atoms with Gasteiger partial charge in [-0.15, -0.1) is 24.0 Å². The summed E-state index contributed by atoms with van der Waals surface area (Å²) in [6.07, 6.45) is 2.58. The van der Waals surface area contributed by atoms with Gasteiger partial charge in [-0.05, 0) is 26.7 Å². The van der Waals surface area contributed by atoms with Crippen molar-refractivity contribution in [3.63, 3.8) is 0 Å². The molecule has 0 atom stereocenters. The molecule has 1 aromatic rings. The van der Waals surface area contributed by atoms with Gasteiger partial charge in [0, 0.05) is 32.6 Å². The first-order valence-corrected chi connectivity index (χ1v) is 7.78. The van der Waals surface area contributed by atoms with Crippen molar-refractivity contribution < 1.29 is 9.32 Å². The topological polar surface area (TPSA) is 95.7 Å². The van der Waals surface area contributed by atoms with Crippen molar-refractivity contribution in [1.82, 2.24) is 25.7 Å². The molecule has 2 heterocycles. The maximum atomic E-state index is 11.5. The smallest absolute Gasteiger partial charge is 0.248 e. The fraction of sp³-hybridized carbons (Fsp3) is 0.714. The van der Waals surface area contributed by atoms with Crippen LogP contribution >= 0.6 is 24.0 Å². The third kappa shape index (κ3) is 6.71. The van der Waals surface area contributed by atoms with E-state index >= 15 is 0 Å². The van der Waals surface area contributed by atoms with Gasteiger partial charge in [0.2, 0.25) is 11.8 Å². The summed E-state index contributed by atoms with van der Waals surface area (Å²) in [5, 5.41) is 10.1. The van der Waals surface area contributed by atoms with Crippen molar-refractivity contribution in [3.8, 4) is 0 Å². The molecule has 2 N–H and O–H groups in total. The Labute approximate surface area is 153 Å². The van der Waals surface area contributed by atoms with Gasteiger partial charge in [0.05, 0.1) is 0 Å². The third-order valence-electron chi connectivity index (χ3n) is 3.35. The number of aliphatic imine (C=N–C) groups is 1. The molecule has 23 heavy (non-hydrogen) atoms. The molecule has 1 aromatic heterocycles. The quantitative estimate of drug-likeness (QED) is 0.287. The average Bonchev–Trinajstić information content (AvgIpc) is 3.09. The van der Waals surface area contributed by atoms with E-state index in [0.717, 1.165) is 39.0 Å². The fourth-order valence-corrected chi connectivity index (χ4v) is 2.31. The van der Waals surface area contributed by atoms with Crippen LogP contribution in [0.2, 0.25) is 0 Å². The van der Waals surface area contributed by atoms with Gasteiger partial charge in [-0.25, -0.2) is 4.99 Å². The lowest BCUT2D eigenvalue weighted by atomic mass is 10.4. The minimum absolute atomic E-state index is 0. The molecule has 0 radical (unpaired) electrons. The molecular weight excluding hydrogens is 411 g/mol. The fourth-order valence-electron chi connectivity index (χ4n) is 2.31. The Hall–Kier alpha value is -1.39. The van der Waals surface area contributed by atoms with Crippen LogP contribution in [0, 0.1) is 6.92 Å². The highest BCUT2D eigenvalue weighted by Gasteiger charge is 2.18. The molecule has 0 aliphatic carbocycles. The van der Waals surface area contributed by atoms with E-state index < -0.39 is 0 Å². The molecule has 1 saturated heterocycles. The summed E-state index contributed by atoms with van der Waals surface area (Å²) in [5.41, 5.74) is 0. The molecule has 8 nitrogen and oxygen atoms in total. The molecule has 0 aromatic carbocycles. The van der Waals surface area contributed by atoms with Crippen molar-refractivity contribution >= 4 is 35.8 Å². The number of hydrogen-bond acceptors (Lipinski definition) is 5. The second-order valence-corrected chi connectivity index (χ2v) is 5.20. The lowest BCUT2D eigenvalue weighted by Gasteiger charge is -2.16. The van der Waals surface area contributed by atoms with Crippen LogP contribution in [0.4, 0.5) is 0 Å². The summed E-state index contributed by atoms with van der Waals surface area (Å²) in [4.78, 5) is 22.0.